The van der Waals surface area contributed by atoms with E-state index in [1.54, 1.807) is 11.3 Å². The Kier molecular flexibility index (Phi) is 2.04. The van der Waals surface area contributed by atoms with Crippen LogP contribution in [-0.4, -0.2) is 15.0 Å². The van der Waals surface area contributed by atoms with Crippen molar-refractivity contribution in [3.8, 4) is 11.3 Å². The van der Waals surface area contributed by atoms with E-state index in [1.165, 1.54) is 0 Å². The standard InChI is InChI=1S/C12H11N3S/c1-7-13-10-4-3-9(5-11(10)14-7)12-6-16-8(2)15-12/h3-6H,1-2H3,(H,13,14). The van der Waals surface area contributed by atoms with E-state index >= 15 is 0 Å². The molecule has 1 N–H and O–H groups in total. The summed E-state index contributed by atoms with van der Waals surface area (Å²) in [6, 6.07) is 6.20. The lowest BCUT2D eigenvalue weighted by Crippen LogP contribution is -1.78. The fraction of sp³-hybridized carbons (Fsp3) is 0.167. The summed E-state index contributed by atoms with van der Waals surface area (Å²) in [5.41, 5.74) is 4.26. The van der Waals surface area contributed by atoms with Crippen LogP contribution in [0, 0.1) is 13.8 Å². The van der Waals surface area contributed by atoms with Gasteiger partial charge in [0, 0.05) is 10.9 Å². The zero-order valence-electron chi connectivity index (χ0n) is 9.11. The molecule has 0 aliphatic rings. The number of nitrogens with one attached hydrogen (secondary N) is 1. The fourth-order valence-electron chi connectivity index (χ4n) is 1.79. The van der Waals surface area contributed by atoms with Crippen LogP contribution in [0.1, 0.15) is 10.8 Å². The number of benzene rings is 1. The van der Waals surface area contributed by atoms with E-state index in [0.717, 1.165) is 33.1 Å². The summed E-state index contributed by atoms with van der Waals surface area (Å²) in [5.74, 6) is 0.946. The number of nitrogens with zero attached hydrogens (tertiary/aromatic N) is 2. The highest BCUT2D eigenvalue weighted by molar-refractivity contribution is 7.09. The van der Waals surface area contributed by atoms with Crippen molar-refractivity contribution in [1.29, 1.82) is 0 Å². The quantitative estimate of drug-likeness (QED) is 0.695. The molecule has 0 fully saturated rings. The van der Waals surface area contributed by atoms with Crippen LogP contribution in [0.3, 0.4) is 0 Å². The van der Waals surface area contributed by atoms with Crippen molar-refractivity contribution in [2.24, 2.45) is 0 Å². The molecular weight excluding hydrogens is 218 g/mol. The maximum Gasteiger partial charge on any atom is 0.104 e. The molecule has 16 heavy (non-hydrogen) atoms. The lowest BCUT2D eigenvalue weighted by molar-refractivity contribution is 1.17. The van der Waals surface area contributed by atoms with Crippen LogP contribution in [0.2, 0.25) is 0 Å². The number of H-pyrrole nitrogens is 1. The van der Waals surface area contributed by atoms with Crippen LogP contribution in [0.15, 0.2) is 23.6 Å². The Morgan fingerprint density at radius 2 is 2.06 bits per heavy atom. The number of rotatable bonds is 1. The van der Waals surface area contributed by atoms with Gasteiger partial charge in [-0.1, -0.05) is 6.07 Å². The minimum Gasteiger partial charge on any atom is -0.342 e. The van der Waals surface area contributed by atoms with Crippen molar-refractivity contribution < 1.29 is 0 Å². The van der Waals surface area contributed by atoms with E-state index in [-0.39, 0.29) is 0 Å². The van der Waals surface area contributed by atoms with Gasteiger partial charge in [-0.3, -0.25) is 0 Å². The molecule has 0 atom stereocenters. The fourth-order valence-corrected chi connectivity index (χ4v) is 2.41. The Labute approximate surface area is 97.2 Å². The van der Waals surface area contributed by atoms with Crippen molar-refractivity contribution in [2.75, 3.05) is 0 Å². The van der Waals surface area contributed by atoms with Crippen LogP contribution in [-0.2, 0) is 0 Å². The first kappa shape index (κ1) is 9.54. The molecule has 0 amide bonds. The first-order valence-electron chi connectivity index (χ1n) is 5.11. The van der Waals surface area contributed by atoms with Crippen LogP contribution < -0.4 is 0 Å². The van der Waals surface area contributed by atoms with Gasteiger partial charge in [-0.05, 0) is 26.0 Å². The Morgan fingerprint density at radius 1 is 1.19 bits per heavy atom. The Bertz CT molecular complexity index is 651. The monoisotopic (exact) mass is 229 g/mol. The van der Waals surface area contributed by atoms with Gasteiger partial charge in [-0.25, -0.2) is 9.97 Å². The molecule has 0 bridgehead atoms. The lowest BCUT2D eigenvalue weighted by atomic mass is 10.1. The third kappa shape index (κ3) is 1.51. The molecule has 4 heteroatoms. The topological polar surface area (TPSA) is 41.6 Å². The number of imidazole rings is 1. The van der Waals surface area contributed by atoms with E-state index in [9.17, 15) is 0 Å². The summed E-state index contributed by atoms with van der Waals surface area (Å²) in [4.78, 5) is 12.1. The predicted molar refractivity (Wildman–Crippen MR) is 66.7 cm³/mol. The summed E-state index contributed by atoms with van der Waals surface area (Å²) in [6.45, 7) is 3.99. The number of fused-ring (bicyclic) bond motifs is 1. The third-order valence-electron chi connectivity index (χ3n) is 2.52. The number of hydrogen-bond donors (Lipinski definition) is 1. The first-order chi connectivity index (χ1) is 7.72. The molecule has 3 nitrogen and oxygen atoms in total. The number of aromatic nitrogens is 3. The SMILES string of the molecule is Cc1nc2ccc(-c3csc(C)n3)cc2[nH]1. The maximum absolute atomic E-state index is 4.48. The second-order valence-corrected chi connectivity index (χ2v) is 4.87. The second kappa shape index (κ2) is 3.42. The number of thiazole rings is 1. The average Bonchev–Trinajstić information content (AvgIpc) is 2.81. The highest BCUT2D eigenvalue weighted by Gasteiger charge is 2.05. The maximum atomic E-state index is 4.48. The zero-order chi connectivity index (χ0) is 11.1. The first-order valence-corrected chi connectivity index (χ1v) is 5.99. The molecule has 1 aromatic carbocycles. The lowest BCUT2D eigenvalue weighted by Gasteiger charge is -1.95. The van der Waals surface area contributed by atoms with Crippen molar-refractivity contribution in [3.63, 3.8) is 0 Å². The van der Waals surface area contributed by atoms with Gasteiger partial charge >= 0.3 is 0 Å². The van der Waals surface area contributed by atoms with Crippen molar-refractivity contribution in [2.45, 2.75) is 13.8 Å². The second-order valence-electron chi connectivity index (χ2n) is 3.81. The van der Waals surface area contributed by atoms with Gasteiger partial charge in [0.15, 0.2) is 0 Å². The molecule has 0 radical (unpaired) electrons. The van der Waals surface area contributed by atoms with Crippen LogP contribution in [0.5, 0.6) is 0 Å². The van der Waals surface area contributed by atoms with Crippen molar-refractivity contribution in [1.82, 2.24) is 15.0 Å². The smallest absolute Gasteiger partial charge is 0.104 e. The Hall–Kier alpha value is -1.68. The average molecular weight is 229 g/mol. The van der Waals surface area contributed by atoms with E-state index in [4.69, 9.17) is 0 Å². The highest BCUT2D eigenvalue weighted by atomic mass is 32.1. The molecule has 80 valence electrons. The molecule has 3 aromatic rings. The minimum atomic E-state index is 0.946. The summed E-state index contributed by atoms with van der Waals surface area (Å²) in [7, 11) is 0. The Balaban J connectivity index is 2.17. The van der Waals surface area contributed by atoms with Gasteiger partial charge in [0.25, 0.3) is 0 Å². The minimum absolute atomic E-state index is 0.946. The molecule has 0 saturated carbocycles. The molecule has 0 aliphatic carbocycles. The van der Waals surface area contributed by atoms with Gasteiger partial charge in [0.2, 0.25) is 0 Å². The van der Waals surface area contributed by atoms with E-state index in [0.29, 0.717) is 0 Å². The Morgan fingerprint density at radius 3 is 2.81 bits per heavy atom. The molecule has 0 unspecified atom stereocenters. The largest absolute Gasteiger partial charge is 0.342 e. The van der Waals surface area contributed by atoms with Gasteiger partial charge in [0.1, 0.15) is 5.82 Å². The molecule has 0 saturated heterocycles. The summed E-state index contributed by atoms with van der Waals surface area (Å²) < 4.78 is 0. The number of hydrogen-bond acceptors (Lipinski definition) is 3. The number of aryl methyl sites for hydroxylation is 2. The van der Waals surface area contributed by atoms with Gasteiger partial charge < -0.3 is 4.98 Å². The van der Waals surface area contributed by atoms with Crippen LogP contribution in [0.4, 0.5) is 0 Å². The highest BCUT2D eigenvalue weighted by Crippen LogP contribution is 2.24. The van der Waals surface area contributed by atoms with Crippen molar-refractivity contribution >= 4 is 22.4 Å². The summed E-state index contributed by atoms with van der Waals surface area (Å²) in [6.07, 6.45) is 0. The summed E-state index contributed by atoms with van der Waals surface area (Å²) in [5, 5.41) is 3.18. The molecule has 0 aliphatic heterocycles. The molecule has 3 rings (SSSR count). The molecule has 2 aromatic heterocycles. The predicted octanol–water partition coefficient (Wildman–Crippen LogP) is 3.30. The van der Waals surface area contributed by atoms with E-state index in [2.05, 4.69) is 32.5 Å². The molecule has 2 heterocycles. The van der Waals surface area contributed by atoms with Crippen molar-refractivity contribution in [3.05, 3.63) is 34.4 Å². The third-order valence-corrected chi connectivity index (χ3v) is 3.29. The van der Waals surface area contributed by atoms with Gasteiger partial charge in [-0.15, -0.1) is 11.3 Å². The van der Waals surface area contributed by atoms with Crippen LogP contribution >= 0.6 is 11.3 Å². The van der Waals surface area contributed by atoms with Gasteiger partial charge in [0.05, 0.1) is 21.7 Å². The summed E-state index contributed by atoms with van der Waals surface area (Å²) >= 11 is 1.67. The molecular formula is C12H11N3S. The van der Waals surface area contributed by atoms with Crippen LogP contribution in [0.25, 0.3) is 22.3 Å². The van der Waals surface area contributed by atoms with E-state index in [1.807, 2.05) is 19.9 Å². The van der Waals surface area contributed by atoms with E-state index < -0.39 is 0 Å². The van der Waals surface area contributed by atoms with Gasteiger partial charge in [-0.2, -0.15) is 0 Å². The zero-order valence-corrected chi connectivity index (χ0v) is 9.93. The number of aromatic amines is 1. The molecule has 0 spiro atoms. The normalized spacial score (nSPS) is 11.1.